The van der Waals surface area contributed by atoms with E-state index in [0.717, 1.165) is 39.4 Å². The molecular formula is C11H20N4O2. The lowest BCUT2D eigenvalue weighted by molar-refractivity contribution is 0.121. The van der Waals surface area contributed by atoms with Crippen LogP contribution in [-0.4, -0.2) is 49.5 Å². The molecule has 1 N–H and O–H groups in total. The summed E-state index contributed by atoms with van der Waals surface area (Å²) in [5.41, 5.74) is 0. The van der Waals surface area contributed by atoms with E-state index in [0.29, 0.717) is 11.8 Å². The van der Waals surface area contributed by atoms with Crippen molar-refractivity contribution in [3.63, 3.8) is 0 Å². The molecule has 0 aliphatic carbocycles. The van der Waals surface area contributed by atoms with Gasteiger partial charge in [0.05, 0.1) is 13.2 Å². The SMILES string of the molecule is CCNCC(C)c1nc(N2CCOCC2)no1. The van der Waals surface area contributed by atoms with E-state index in [9.17, 15) is 0 Å². The number of anilines is 1. The number of aromatic nitrogens is 2. The first kappa shape index (κ1) is 12.3. The zero-order valence-electron chi connectivity index (χ0n) is 10.5. The summed E-state index contributed by atoms with van der Waals surface area (Å²) in [5.74, 6) is 1.64. The summed E-state index contributed by atoms with van der Waals surface area (Å²) in [6, 6.07) is 0. The minimum atomic E-state index is 0.247. The molecular weight excluding hydrogens is 220 g/mol. The standard InChI is InChI=1S/C11H20N4O2/c1-3-12-8-9(2)10-13-11(14-17-10)15-4-6-16-7-5-15/h9,12H,3-8H2,1-2H3. The molecule has 1 fully saturated rings. The number of hydrogen-bond acceptors (Lipinski definition) is 6. The van der Waals surface area contributed by atoms with Crippen LogP contribution >= 0.6 is 0 Å². The maximum atomic E-state index is 5.29. The van der Waals surface area contributed by atoms with Crippen molar-refractivity contribution in [2.24, 2.45) is 0 Å². The van der Waals surface area contributed by atoms with Gasteiger partial charge in [-0.1, -0.05) is 13.8 Å². The first-order valence-electron chi connectivity index (χ1n) is 6.18. The molecule has 2 heterocycles. The summed E-state index contributed by atoms with van der Waals surface area (Å²) in [6.45, 7) is 9.11. The Morgan fingerprint density at radius 1 is 1.41 bits per heavy atom. The third-order valence-electron chi connectivity index (χ3n) is 2.85. The molecule has 6 nitrogen and oxygen atoms in total. The van der Waals surface area contributed by atoms with Gasteiger partial charge in [0.1, 0.15) is 0 Å². The van der Waals surface area contributed by atoms with Crippen LogP contribution in [0.4, 0.5) is 5.95 Å². The second-order valence-electron chi connectivity index (χ2n) is 4.24. The Morgan fingerprint density at radius 2 is 2.18 bits per heavy atom. The highest BCUT2D eigenvalue weighted by molar-refractivity contribution is 5.28. The van der Waals surface area contributed by atoms with Crippen LogP contribution < -0.4 is 10.2 Å². The van der Waals surface area contributed by atoms with Crippen LogP contribution in [0.2, 0.25) is 0 Å². The van der Waals surface area contributed by atoms with Crippen molar-refractivity contribution in [2.45, 2.75) is 19.8 Å². The van der Waals surface area contributed by atoms with E-state index < -0.39 is 0 Å². The molecule has 0 bridgehead atoms. The lowest BCUT2D eigenvalue weighted by Crippen LogP contribution is -2.36. The van der Waals surface area contributed by atoms with E-state index in [1.807, 2.05) is 0 Å². The topological polar surface area (TPSA) is 63.4 Å². The molecule has 1 aliphatic rings. The molecule has 0 aromatic carbocycles. The monoisotopic (exact) mass is 240 g/mol. The molecule has 0 spiro atoms. The normalized spacial score (nSPS) is 18.4. The molecule has 1 aliphatic heterocycles. The molecule has 0 amide bonds. The van der Waals surface area contributed by atoms with E-state index >= 15 is 0 Å². The summed E-state index contributed by atoms with van der Waals surface area (Å²) < 4.78 is 10.6. The first-order valence-corrected chi connectivity index (χ1v) is 6.18. The first-order chi connectivity index (χ1) is 8.31. The maximum Gasteiger partial charge on any atom is 0.266 e. The van der Waals surface area contributed by atoms with Crippen molar-refractivity contribution >= 4 is 5.95 Å². The molecule has 1 saturated heterocycles. The van der Waals surface area contributed by atoms with Gasteiger partial charge in [0.25, 0.3) is 5.95 Å². The average Bonchev–Trinajstić information content (AvgIpc) is 2.86. The van der Waals surface area contributed by atoms with Gasteiger partial charge in [0, 0.05) is 25.6 Å². The predicted molar refractivity (Wildman–Crippen MR) is 64.3 cm³/mol. The number of nitrogens with zero attached hydrogens (tertiary/aromatic N) is 3. The average molecular weight is 240 g/mol. The van der Waals surface area contributed by atoms with Crippen LogP contribution in [0.3, 0.4) is 0 Å². The Morgan fingerprint density at radius 3 is 2.88 bits per heavy atom. The van der Waals surface area contributed by atoms with Gasteiger partial charge in [0.15, 0.2) is 0 Å². The number of hydrogen-bond donors (Lipinski definition) is 1. The predicted octanol–water partition coefficient (Wildman–Crippen LogP) is 0.619. The van der Waals surface area contributed by atoms with Crippen molar-refractivity contribution in [1.29, 1.82) is 0 Å². The fourth-order valence-electron chi connectivity index (χ4n) is 1.77. The summed E-state index contributed by atoms with van der Waals surface area (Å²) in [6.07, 6.45) is 0. The molecule has 1 unspecified atom stereocenters. The van der Waals surface area contributed by atoms with E-state index in [2.05, 4.69) is 34.2 Å². The Kier molecular flexibility index (Phi) is 4.33. The highest BCUT2D eigenvalue weighted by Crippen LogP contribution is 2.17. The largest absolute Gasteiger partial charge is 0.378 e. The van der Waals surface area contributed by atoms with Crippen molar-refractivity contribution < 1.29 is 9.26 Å². The van der Waals surface area contributed by atoms with Gasteiger partial charge < -0.3 is 19.5 Å². The molecule has 96 valence electrons. The zero-order chi connectivity index (χ0) is 12.1. The van der Waals surface area contributed by atoms with Gasteiger partial charge in [-0.25, -0.2) is 0 Å². The minimum Gasteiger partial charge on any atom is -0.378 e. The van der Waals surface area contributed by atoms with Gasteiger partial charge in [-0.05, 0) is 11.7 Å². The smallest absolute Gasteiger partial charge is 0.266 e. The Balaban J connectivity index is 1.94. The van der Waals surface area contributed by atoms with Gasteiger partial charge in [-0.3, -0.25) is 0 Å². The number of rotatable bonds is 5. The fourth-order valence-corrected chi connectivity index (χ4v) is 1.77. The van der Waals surface area contributed by atoms with E-state index in [-0.39, 0.29) is 5.92 Å². The Labute approximate surface area is 101 Å². The number of morpholine rings is 1. The molecule has 6 heteroatoms. The molecule has 0 saturated carbocycles. The van der Waals surface area contributed by atoms with Crippen molar-refractivity contribution in [3.8, 4) is 0 Å². The minimum absolute atomic E-state index is 0.247. The molecule has 0 radical (unpaired) electrons. The molecule has 1 aromatic rings. The second kappa shape index (κ2) is 5.97. The quantitative estimate of drug-likeness (QED) is 0.814. The number of nitrogens with one attached hydrogen (secondary N) is 1. The Hall–Kier alpha value is -1.14. The van der Waals surface area contributed by atoms with Gasteiger partial charge in [0.2, 0.25) is 5.89 Å². The third-order valence-corrected chi connectivity index (χ3v) is 2.85. The third kappa shape index (κ3) is 3.17. The van der Waals surface area contributed by atoms with E-state index in [4.69, 9.17) is 9.26 Å². The van der Waals surface area contributed by atoms with Crippen LogP contribution in [0.25, 0.3) is 0 Å². The van der Waals surface area contributed by atoms with Crippen molar-refractivity contribution in [2.75, 3.05) is 44.3 Å². The van der Waals surface area contributed by atoms with Crippen LogP contribution in [0.5, 0.6) is 0 Å². The number of likely N-dealkylation sites (N-methyl/N-ethyl adjacent to an activating group) is 1. The summed E-state index contributed by atoms with van der Waals surface area (Å²) in [4.78, 5) is 6.53. The van der Waals surface area contributed by atoms with E-state index in [1.54, 1.807) is 0 Å². The molecule has 2 rings (SSSR count). The Bertz CT molecular complexity index is 336. The summed E-state index contributed by atoms with van der Waals surface area (Å²) in [7, 11) is 0. The molecule has 17 heavy (non-hydrogen) atoms. The van der Waals surface area contributed by atoms with Gasteiger partial charge in [-0.2, -0.15) is 4.98 Å². The lowest BCUT2D eigenvalue weighted by atomic mass is 10.2. The van der Waals surface area contributed by atoms with Crippen LogP contribution in [-0.2, 0) is 4.74 Å². The van der Waals surface area contributed by atoms with Gasteiger partial charge >= 0.3 is 0 Å². The highest BCUT2D eigenvalue weighted by Gasteiger charge is 2.19. The summed E-state index contributed by atoms with van der Waals surface area (Å²) in [5, 5.41) is 7.30. The van der Waals surface area contributed by atoms with Crippen LogP contribution in [0, 0.1) is 0 Å². The maximum absolute atomic E-state index is 5.29. The number of ether oxygens (including phenoxy) is 1. The van der Waals surface area contributed by atoms with Crippen molar-refractivity contribution in [1.82, 2.24) is 15.5 Å². The fraction of sp³-hybridized carbons (Fsp3) is 0.818. The lowest BCUT2D eigenvalue weighted by Gasteiger charge is -2.24. The van der Waals surface area contributed by atoms with Crippen LogP contribution in [0.1, 0.15) is 25.7 Å². The van der Waals surface area contributed by atoms with Crippen LogP contribution in [0.15, 0.2) is 4.52 Å². The van der Waals surface area contributed by atoms with Gasteiger partial charge in [-0.15, -0.1) is 0 Å². The zero-order valence-corrected chi connectivity index (χ0v) is 10.5. The second-order valence-corrected chi connectivity index (χ2v) is 4.24. The summed E-state index contributed by atoms with van der Waals surface area (Å²) >= 11 is 0. The van der Waals surface area contributed by atoms with Crippen molar-refractivity contribution in [3.05, 3.63) is 5.89 Å². The highest BCUT2D eigenvalue weighted by atomic mass is 16.5. The van der Waals surface area contributed by atoms with E-state index in [1.165, 1.54) is 0 Å². The molecule has 1 aromatic heterocycles. The molecule has 1 atom stereocenters.